The summed E-state index contributed by atoms with van der Waals surface area (Å²) in [7, 11) is 1.61. The van der Waals surface area contributed by atoms with Crippen molar-refractivity contribution >= 4 is 0 Å². The number of benzene rings is 1. The molecule has 1 aromatic rings. The molecule has 1 rings (SSSR count). The van der Waals surface area contributed by atoms with E-state index in [1.807, 2.05) is 0 Å². The van der Waals surface area contributed by atoms with Gasteiger partial charge in [-0.25, -0.2) is 8.78 Å². The summed E-state index contributed by atoms with van der Waals surface area (Å²) < 4.78 is 25.4. The van der Waals surface area contributed by atoms with Gasteiger partial charge in [0, 0.05) is 6.07 Å². The third-order valence-electron chi connectivity index (χ3n) is 1.82. The van der Waals surface area contributed by atoms with Gasteiger partial charge in [-0.05, 0) is 24.7 Å². The fraction of sp³-hybridized carbons (Fsp3) is 0.333. The van der Waals surface area contributed by atoms with E-state index in [1.54, 1.807) is 7.05 Å². The third kappa shape index (κ3) is 2.47. The maximum absolute atomic E-state index is 12.7. The first-order valence-electron chi connectivity index (χ1n) is 3.91. The summed E-state index contributed by atoms with van der Waals surface area (Å²) in [5, 5.41) is 11.6. The Labute approximate surface area is 75.2 Å². The first-order chi connectivity index (χ1) is 6.17. The normalized spacial score (nSPS) is 12.9. The van der Waals surface area contributed by atoms with Crippen molar-refractivity contribution in [3.8, 4) is 0 Å². The lowest BCUT2D eigenvalue weighted by atomic mass is 10.1. The van der Waals surface area contributed by atoms with Crippen LogP contribution in [0.2, 0.25) is 0 Å². The van der Waals surface area contributed by atoms with E-state index < -0.39 is 17.7 Å². The summed E-state index contributed by atoms with van der Waals surface area (Å²) in [5.74, 6) is -1.27. The zero-order valence-electron chi connectivity index (χ0n) is 7.22. The Morgan fingerprint density at radius 1 is 1.31 bits per heavy atom. The summed E-state index contributed by atoms with van der Waals surface area (Å²) in [6, 6.07) is 2.76. The molecular weight excluding hydrogens is 176 g/mol. The minimum atomic E-state index is -0.635. The van der Waals surface area contributed by atoms with Crippen LogP contribution in [0.1, 0.15) is 11.6 Å². The number of hydrogen-bond acceptors (Lipinski definition) is 2. The molecule has 1 atom stereocenters. The topological polar surface area (TPSA) is 32.3 Å². The van der Waals surface area contributed by atoms with Gasteiger partial charge in [-0.3, -0.25) is 0 Å². The van der Waals surface area contributed by atoms with Crippen LogP contribution in [0.25, 0.3) is 0 Å². The van der Waals surface area contributed by atoms with Gasteiger partial charge in [0.05, 0.1) is 12.6 Å². The summed E-state index contributed by atoms with van der Waals surface area (Å²) >= 11 is 0. The van der Waals surface area contributed by atoms with Gasteiger partial charge in [0.1, 0.15) is 11.6 Å². The van der Waals surface area contributed by atoms with Gasteiger partial charge < -0.3 is 10.4 Å². The van der Waals surface area contributed by atoms with Crippen LogP contribution in [0.3, 0.4) is 0 Å². The highest BCUT2D eigenvalue weighted by atomic mass is 19.1. The molecule has 72 valence electrons. The largest absolute Gasteiger partial charge is 0.394 e. The lowest BCUT2D eigenvalue weighted by Gasteiger charge is -2.13. The van der Waals surface area contributed by atoms with Crippen molar-refractivity contribution in [3.05, 3.63) is 35.4 Å². The monoisotopic (exact) mass is 187 g/mol. The first-order valence-corrected chi connectivity index (χ1v) is 3.91. The predicted molar refractivity (Wildman–Crippen MR) is 45.2 cm³/mol. The van der Waals surface area contributed by atoms with Gasteiger partial charge in [-0.15, -0.1) is 0 Å². The predicted octanol–water partition coefficient (Wildman–Crippen LogP) is 1.22. The molecule has 0 saturated carbocycles. The molecule has 0 aliphatic rings. The molecule has 0 amide bonds. The standard InChI is InChI=1S/C9H11F2NO/c1-12-9(5-13)6-2-7(10)4-8(11)3-6/h2-4,9,12-13H,5H2,1H3. The number of nitrogens with one attached hydrogen (secondary N) is 1. The van der Waals surface area contributed by atoms with Crippen molar-refractivity contribution in [3.63, 3.8) is 0 Å². The lowest BCUT2D eigenvalue weighted by molar-refractivity contribution is 0.250. The van der Waals surface area contributed by atoms with E-state index in [4.69, 9.17) is 5.11 Å². The molecule has 4 heteroatoms. The van der Waals surface area contributed by atoms with Gasteiger partial charge in [0.25, 0.3) is 0 Å². The Kier molecular flexibility index (Phi) is 3.33. The Bertz CT molecular complexity index is 267. The maximum atomic E-state index is 12.7. The Morgan fingerprint density at radius 2 is 1.85 bits per heavy atom. The number of rotatable bonds is 3. The van der Waals surface area contributed by atoms with Crippen LogP contribution in [-0.4, -0.2) is 18.8 Å². The minimum Gasteiger partial charge on any atom is -0.394 e. The number of hydrogen-bond donors (Lipinski definition) is 2. The number of likely N-dealkylation sites (N-methyl/N-ethyl adjacent to an activating group) is 1. The molecule has 2 nitrogen and oxygen atoms in total. The summed E-state index contributed by atoms with van der Waals surface area (Å²) in [6.45, 7) is -0.195. The van der Waals surface area contributed by atoms with E-state index in [0.29, 0.717) is 5.56 Å². The quantitative estimate of drug-likeness (QED) is 0.745. The smallest absolute Gasteiger partial charge is 0.126 e. The van der Waals surface area contributed by atoms with Crippen molar-refractivity contribution in [2.75, 3.05) is 13.7 Å². The van der Waals surface area contributed by atoms with Crippen LogP contribution in [0, 0.1) is 11.6 Å². The minimum absolute atomic E-state index is 0.195. The van der Waals surface area contributed by atoms with E-state index in [1.165, 1.54) is 12.1 Å². The summed E-state index contributed by atoms with van der Waals surface area (Å²) in [4.78, 5) is 0. The Balaban J connectivity index is 2.99. The van der Waals surface area contributed by atoms with Crippen molar-refractivity contribution < 1.29 is 13.9 Å². The average Bonchev–Trinajstić information content (AvgIpc) is 2.04. The van der Waals surface area contributed by atoms with E-state index in [2.05, 4.69) is 5.32 Å². The fourth-order valence-electron chi connectivity index (χ4n) is 1.14. The fourth-order valence-corrected chi connectivity index (χ4v) is 1.14. The van der Waals surface area contributed by atoms with E-state index in [0.717, 1.165) is 6.07 Å². The molecule has 0 radical (unpaired) electrons. The van der Waals surface area contributed by atoms with E-state index in [9.17, 15) is 8.78 Å². The van der Waals surface area contributed by atoms with Gasteiger partial charge in [0.15, 0.2) is 0 Å². The molecule has 2 N–H and O–H groups in total. The Hall–Kier alpha value is -1.00. The molecule has 0 heterocycles. The van der Waals surface area contributed by atoms with Crippen molar-refractivity contribution in [2.24, 2.45) is 0 Å². The zero-order chi connectivity index (χ0) is 9.84. The van der Waals surface area contributed by atoms with Crippen molar-refractivity contribution in [1.29, 1.82) is 0 Å². The molecule has 0 spiro atoms. The lowest BCUT2D eigenvalue weighted by Crippen LogP contribution is -2.20. The van der Waals surface area contributed by atoms with Gasteiger partial charge >= 0.3 is 0 Å². The van der Waals surface area contributed by atoms with Crippen LogP contribution >= 0.6 is 0 Å². The molecule has 0 bridgehead atoms. The molecule has 0 saturated heterocycles. The molecule has 1 aromatic carbocycles. The molecule has 0 fully saturated rings. The van der Waals surface area contributed by atoms with Crippen molar-refractivity contribution in [2.45, 2.75) is 6.04 Å². The van der Waals surface area contributed by atoms with Crippen molar-refractivity contribution in [1.82, 2.24) is 5.32 Å². The first kappa shape index (κ1) is 10.1. The Morgan fingerprint density at radius 3 is 2.23 bits per heavy atom. The second-order valence-electron chi connectivity index (χ2n) is 2.73. The number of halogens is 2. The second-order valence-corrected chi connectivity index (χ2v) is 2.73. The summed E-state index contributed by atoms with van der Waals surface area (Å²) in [6.07, 6.45) is 0. The highest BCUT2D eigenvalue weighted by molar-refractivity contribution is 5.21. The molecule has 0 aromatic heterocycles. The molecule has 0 aliphatic heterocycles. The highest BCUT2D eigenvalue weighted by Crippen LogP contribution is 2.15. The molecule has 13 heavy (non-hydrogen) atoms. The molecule has 1 unspecified atom stereocenters. The maximum Gasteiger partial charge on any atom is 0.126 e. The van der Waals surface area contributed by atoms with Crippen LogP contribution in [0.15, 0.2) is 18.2 Å². The molecule has 0 aliphatic carbocycles. The number of aliphatic hydroxyl groups excluding tert-OH is 1. The van der Waals surface area contributed by atoms with Crippen LogP contribution in [-0.2, 0) is 0 Å². The SMILES string of the molecule is CNC(CO)c1cc(F)cc(F)c1. The van der Waals surface area contributed by atoms with E-state index >= 15 is 0 Å². The van der Waals surface area contributed by atoms with Crippen LogP contribution in [0.5, 0.6) is 0 Å². The number of aliphatic hydroxyl groups is 1. The second kappa shape index (κ2) is 4.30. The van der Waals surface area contributed by atoms with E-state index in [-0.39, 0.29) is 6.61 Å². The average molecular weight is 187 g/mol. The van der Waals surface area contributed by atoms with Gasteiger partial charge in [-0.1, -0.05) is 0 Å². The van der Waals surface area contributed by atoms with Gasteiger partial charge in [0.2, 0.25) is 0 Å². The zero-order valence-corrected chi connectivity index (χ0v) is 7.22. The summed E-state index contributed by atoms with van der Waals surface area (Å²) in [5.41, 5.74) is 0.405. The van der Waals surface area contributed by atoms with Crippen LogP contribution in [0.4, 0.5) is 8.78 Å². The molecular formula is C9H11F2NO. The van der Waals surface area contributed by atoms with Crippen LogP contribution < -0.4 is 5.32 Å². The highest BCUT2D eigenvalue weighted by Gasteiger charge is 2.09. The van der Waals surface area contributed by atoms with Gasteiger partial charge in [-0.2, -0.15) is 0 Å². The third-order valence-corrected chi connectivity index (χ3v) is 1.82.